The topological polar surface area (TPSA) is 20.3 Å². The summed E-state index contributed by atoms with van der Waals surface area (Å²) in [6, 6.07) is 6.27. The summed E-state index contributed by atoms with van der Waals surface area (Å²) in [6.07, 6.45) is 3.18. The average molecular weight is 285 g/mol. The molecule has 1 saturated heterocycles. The van der Waals surface area contributed by atoms with E-state index in [2.05, 4.69) is 6.26 Å². The van der Waals surface area contributed by atoms with Crippen molar-refractivity contribution in [3.63, 3.8) is 0 Å². The van der Waals surface area contributed by atoms with Crippen molar-refractivity contribution in [3.8, 4) is 0 Å². The summed E-state index contributed by atoms with van der Waals surface area (Å²) in [5.41, 5.74) is 0. The highest BCUT2D eigenvalue weighted by atomic mass is 32.2. The van der Waals surface area contributed by atoms with E-state index < -0.39 is 0 Å². The number of carbonyl (C=O) groups is 1. The number of hydrogen-bond donors (Lipinski definition) is 0. The van der Waals surface area contributed by atoms with Crippen LogP contribution in [0.1, 0.15) is 6.42 Å². The Balaban J connectivity index is 1.80. The average Bonchev–Trinajstić information content (AvgIpc) is 2.86. The van der Waals surface area contributed by atoms with Gasteiger partial charge in [0.2, 0.25) is 5.91 Å². The highest BCUT2D eigenvalue weighted by Gasteiger charge is 2.25. The third-order valence-corrected chi connectivity index (χ3v) is 5.06. The number of likely N-dealkylation sites (tertiary alicyclic amines) is 1. The molecule has 1 aliphatic heterocycles. The second-order valence-corrected chi connectivity index (χ2v) is 6.42. The molecule has 1 amide bonds. The zero-order chi connectivity index (χ0) is 13.0. The third-order valence-electron chi connectivity index (χ3n) is 3.01. The fraction of sp³-hybridized carbons (Fsp3) is 0.462. The van der Waals surface area contributed by atoms with Gasteiger partial charge in [-0.3, -0.25) is 4.79 Å². The van der Waals surface area contributed by atoms with Crippen molar-refractivity contribution in [2.24, 2.45) is 0 Å². The molecule has 0 radical (unpaired) electrons. The van der Waals surface area contributed by atoms with Gasteiger partial charge < -0.3 is 4.90 Å². The van der Waals surface area contributed by atoms with E-state index >= 15 is 0 Å². The molecule has 1 fully saturated rings. The molecule has 0 bridgehead atoms. The van der Waals surface area contributed by atoms with Gasteiger partial charge in [0.25, 0.3) is 0 Å². The van der Waals surface area contributed by atoms with Crippen LogP contribution in [0, 0.1) is 5.82 Å². The van der Waals surface area contributed by atoms with Gasteiger partial charge in [-0.2, -0.15) is 11.8 Å². The van der Waals surface area contributed by atoms with Crippen molar-refractivity contribution < 1.29 is 9.18 Å². The quantitative estimate of drug-likeness (QED) is 0.793. The maximum atomic E-state index is 12.7. The molecule has 18 heavy (non-hydrogen) atoms. The summed E-state index contributed by atoms with van der Waals surface area (Å²) in [5, 5.41) is 0.588. The number of halogens is 1. The minimum absolute atomic E-state index is 0.181. The number of rotatable bonds is 4. The van der Waals surface area contributed by atoms with Crippen LogP contribution in [0.4, 0.5) is 4.39 Å². The molecule has 0 saturated carbocycles. The fourth-order valence-corrected chi connectivity index (χ4v) is 3.39. The Labute approximate surface area is 115 Å². The first-order chi connectivity index (χ1) is 8.69. The van der Waals surface area contributed by atoms with Crippen molar-refractivity contribution in [1.29, 1.82) is 0 Å². The Kier molecular flexibility index (Phi) is 4.95. The number of carbonyl (C=O) groups excluding carboxylic acids is 1. The van der Waals surface area contributed by atoms with Gasteiger partial charge in [-0.15, -0.1) is 11.8 Å². The van der Waals surface area contributed by atoms with Gasteiger partial charge in [-0.05, 0) is 36.9 Å². The molecule has 2 nitrogen and oxygen atoms in total. The lowest BCUT2D eigenvalue weighted by molar-refractivity contribution is -0.127. The first-order valence-corrected chi connectivity index (χ1v) is 8.15. The van der Waals surface area contributed by atoms with Crippen LogP contribution in [-0.2, 0) is 4.79 Å². The molecular weight excluding hydrogens is 269 g/mol. The van der Waals surface area contributed by atoms with Crippen LogP contribution in [0.15, 0.2) is 29.2 Å². The van der Waals surface area contributed by atoms with Gasteiger partial charge in [0.05, 0.1) is 5.75 Å². The molecule has 0 aromatic heterocycles. The Morgan fingerprint density at radius 2 is 2.17 bits per heavy atom. The molecular formula is C13H16FNOS2. The highest BCUT2D eigenvalue weighted by Crippen LogP contribution is 2.23. The van der Waals surface area contributed by atoms with Gasteiger partial charge in [-0.1, -0.05) is 0 Å². The second kappa shape index (κ2) is 6.48. The maximum absolute atomic E-state index is 12.7. The smallest absolute Gasteiger partial charge is 0.232 e. The fourth-order valence-electron chi connectivity index (χ4n) is 1.91. The Hall–Kier alpha value is -0.680. The predicted octanol–water partition coefficient (Wildman–Crippen LogP) is 2.88. The molecule has 2 rings (SSSR count). The number of benzene rings is 1. The zero-order valence-corrected chi connectivity index (χ0v) is 11.9. The van der Waals surface area contributed by atoms with Gasteiger partial charge in [-0.25, -0.2) is 4.39 Å². The molecule has 0 aliphatic carbocycles. The Morgan fingerprint density at radius 1 is 1.44 bits per heavy atom. The first-order valence-electron chi connectivity index (χ1n) is 5.88. The van der Waals surface area contributed by atoms with E-state index in [0.29, 0.717) is 11.0 Å². The summed E-state index contributed by atoms with van der Waals surface area (Å²) in [4.78, 5) is 14.8. The molecule has 98 valence electrons. The lowest BCUT2D eigenvalue weighted by atomic mass is 10.4. The molecule has 1 aliphatic rings. The van der Waals surface area contributed by atoms with E-state index in [4.69, 9.17) is 0 Å². The van der Waals surface area contributed by atoms with E-state index in [1.54, 1.807) is 12.1 Å². The van der Waals surface area contributed by atoms with Gasteiger partial charge in [0.1, 0.15) is 5.82 Å². The standard InChI is InChI=1S/C13H16FNOS2/c1-17-12-6-7-15(8-12)13(16)9-18-11-4-2-10(14)3-5-11/h2-5,12H,6-9H2,1H3/t12-/m1/s1. The van der Waals surface area contributed by atoms with Crippen molar-refractivity contribution >= 4 is 29.4 Å². The van der Waals surface area contributed by atoms with Crippen LogP contribution in [0.25, 0.3) is 0 Å². The summed E-state index contributed by atoms with van der Waals surface area (Å²) < 4.78 is 12.7. The normalized spacial score (nSPS) is 19.2. The minimum Gasteiger partial charge on any atom is -0.341 e. The van der Waals surface area contributed by atoms with E-state index in [1.165, 1.54) is 23.9 Å². The number of thioether (sulfide) groups is 2. The van der Waals surface area contributed by atoms with Crippen molar-refractivity contribution in [2.45, 2.75) is 16.6 Å². The minimum atomic E-state index is -0.243. The van der Waals surface area contributed by atoms with Crippen molar-refractivity contribution in [3.05, 3.63) is 30.1 Å². The van der Waals surface area contributed by atoms with Crippen LogP contribution >= 0.6 is 23.5 Å². The van der Waals surface area contributed by atoms with Crippen LogP contribution in [0.2, 0.25) is 0 Å². The maximum Gasteiger partial charge on any atom is 0.232 e. The summed E-state index contributed by atoms with van der Waals surface area (Å²) >= 11 is 3.30. The van der Waals surface area contributed by atoms with Crippen molar-refractivity contribution in [2.75, 3.05) is 25.1 Å². The predicted molar refractivity (Wildman–Crippen MR) is 75.6 cm³/mol. The molecule has 1 aromatic rings. The monoisotopic (exact) mass is 285 g/mol. The lowest BCUT2D eigenvalue weighted by Gasteiger charge is -2.15. The first kappa shape index (κ1) is 13.7. The second-order valence-electron chi connectivity index (χ2n) is 4.23. The van der Waals surface area contributed by atoms with E-state index in [0.717, 1.165) is 24.4 Å². The van der Waals surface area contributed by atoms with Crippen LogP contribution in [0.5, 0.6) is 0 Å². The molecule has 0 unspecified atom stereocenters. The molecule has 1 aromatic carbocycles. The molecule has 5 heteroatoms. The third kappa shape index (κ3) is 3.65. The molecule has 1 atom stereocenters. The van der Waals surface area contributed by atoms with E-state index in [9.17, 15) is 9.18 Å². The SMILES string of the molecule is CS[C@@H]1CCN(C(=O)CSc2ccc(F)cc2)C1. The lowest BCUT2D eigenvalue weighted by Crippen LogP contribution is -2.30. The van der Waals surface area contributed by atoms with Crippen molar-refractivity contribution in [1.82, 2.24) is 4.90 Å². The van der Waals surface area contributed by atoms with E-state index in [1.807, 2.05) is 16.7 Å². The molecule has 0 N–H and O–H groups in total. The number of hydrogen-bond acceptors (Lipinski definition) is 3. The van der Waals surface area contributed by atoms with Crippen LogP contribution in [-0.4, -0.2) is 41.2 Å². The van der Waals surface area contributed by atoms with Crippen LogP contribution in [0.3, 0.4) is 0 Å². The zero-order valence-electron chi connectivity index (χ0n) is 10.3. The Morgan fingerprint density at radius 3 is 2.78 bits per heavy atom. The number of amides is 1. The highest BCUT2D eigenvalue weighted by molar-refractivity contribution is 8.00. The Bertz CT molecular complexity index is 410. The molecule has 1 heterocycles. The summed E-state index contributed by atoms with van der Waals surface area (Å²) in [7, 11) is 0. The van der Waals surface area contributed by atoms with Gasteiger partial charge >= 0.3 is 0 Å². The largest absolute Gasteiger partial charge is 0.341 e. The molecule has 0 spiro atoms. The van der Waals surface area contributed by atoms with Gasteiger partial charge in [0.15, 0.2) is 0 Å². The summed E-state index contributed by atoms with van der Waals surface area (Å²) in [5.74, 6) is 0.376. The van der Waals surface area contributed by atoms with Gasteiger partial charge in [0, 0.05) is 23.2 Å². The summed E-state index contributed by atoms with van der Waals surface area (Å²) in [6.45, 7) is 1.73. The van der Waals surface area contributed by atoms with Crippen LogP contribution < -0.4 is 0 Å². The number of nitrogens with zero attached hydrogens (tertiary/aromatic N) is 1. The van der Waals surface area contributed by atoms with E-state index in [-0.39, 0.29) is 11.7 Å².